The van der Waals surface area contributed by atoms with Crippen LogP contribution in [0.2, 0.25) is 0 Å². The number of aliphatic hydroxyl groups is 1. The third kappa shape index (κ3) is 3.49. The predicted octanol–water partition coefficient (Wildman–Crippen LogP) is 3.49. The van der Waals surface area contributed by atoms with Crippen molar-refractivity contribution in [1.82, 2.24) is 9.59 Å². The average Bonchev–Trinajstić information content (AvgIpc) is 2.79. The Morgan fingerprint density at radius 1 is 1.35 bits per heavy atom. The Labute approximate surface area is 107 Å². The molecule has 0 spiro atoms. The molecule has 0 radical (unpaired) electrons. The Hall–Kier alpha value is -0.480. The second-order valence-corrected chi connectivity index (χ2v) is 5.88. The Morgan fingerprint density at radius 3 is 2.82 bits per heavy atom. The fourth-order valence-electron chi connectivity index (χ4n) is 2.72. The second kappa shape index (κ2) is 6.45. The third-order valence-corrected chi connectivity index (χ3v) is 4.52. The van der Waals surface area contributed by atoms with Crippen molar-refractivity contribution in [3.8, 4) is 0 Å². The van der Waals surface area contributed by atoms with Crippen molar-refractivity contribution in [2.75, 3.05) is 0 Å². The number of hydrogen-bond acceptors (Lipinski definition) is 4. The molecule has 1 aliphatic carbocycles. The van der Waals surface area contributed by atoms with Crippen molar-refractivity contribution >= 4 is 11.5 Å². The van der Waals surface area contributed by atoms with Crippen LogP contribution in [0.25, 0.3) is 0 Å². The zero-order valence-electron chi connectivity index (χ0n) is 10.6. The monoisotopic (exact) mass is 254 g/mol. The molecule has 1 aromatic rings. The van der Waals surface area contributed by atoms with Gasteiger partial charge < -0.3 is 5.11 Å². The van der Waals surface area contributed by atoms with Crippen LogP contribution in [0.15, 0.2) is 0 Å². The van der Waals surface area contributed by atoms with E-state index in [-0.39, 0.29) is 6.10 Å². The van der Waals surface area contributed by atoms with E-state index in [2.05, 4.69) is 16.5 Å². The first-order valence-corrected chi connectivity index (χ1v) is 7.57. The predicted molar refractivity (Wildman–Crippen MR) is 70.1 cm³/mol. The van der Waals surface area contributed by atoms with Gasteiger partial charge in [0.15, 0.2) is 0 Å². The number of aryl methyl sites for hydroxylation is 1. The van der Waals surface area contributed by atoms with E-state index in [1.165, 1.54) is 43.6 Å². The normalized spacial score (nSPS) is 19.4. The van der Waals surface area contributed by atoms with Gasteiger partial charge in [-0.05, 0) is 30.3 Å². The molecule has 1 aliphatic rings. The molecule has 0 bridgehead atoms. The summed E-state index contributed by atoms with van der Waals surface area (Å²) >= 11 is 1.38. The highest BCUT2D eigenvalue weighted by Gasteiger charge is 2.22. The maximum absolute atomic E-state index is 10.3. The summed E-state index contributed by atoms with van der Waals surface area (Å²) in [5, 5.41) is 14.4. The molecule has 1 aromatic heterocycles. The van der Waals surface area contributed by atoms with Crippen LogP contribution in [0.4, 0.5) is 0 Å². The Morgan fingerprint density at radius 2 is 2.12 bits per heavy atom. The van der Waals surface area contributed by atoms with Crippen LogP contribution in [0.5, 0.6) is 0 Å². The first-order chi connectivity index (χ1) is 8.31. The Bertz CT molecular complexity index is 334. The van der Waals surface area contributed by atoms with Crippen molar-refractivity contribution in [2.45, 2.75) is 64.4 Å². The minimum atomic E-state index is -0.334. The van der Waals surface area contributed by atoms with Crippen LogP contribution in [-0.4, -0.2) is 14.7 Å². The van der Waals surface area contributed by atoms with Crippen LogP contribution in [0.3, 0.4) is 0 Å². The molecule has 1 unspecified atom stereocenters. The highest BCUT2D eigenvalue weighted by molar-refractivity contribution is 7.05. The molecule has 1 N–H and O–H groups in total. The molecule has 3 nitrogen and oxygen atoms in total. The van der Waals surface area contributed by atoms with Gasteiger partial charge in [-0.25, -0.2) is 0 Å². The molecule has 0 saturated heterocycles. The van der Waals surface area contributed by atoms with Crippen molar-refractivity contribution in [1.29, 1.82) is 0 Å². The summed E-state index contributed by atoms with van der Waals surface area (Å²) in [6, 6.07) is 0. The minimum absolute atomic E-state index is 0.334. The lowest BCUT2D eigenvalue weighted by molar-refractivity contribution is 0.133. The zero-order valence-corrected chi connectivity index (χ0v) is 11.4. The van der Waals surface area contributed by atoms with Gasteiger partial charge in [0.05, 0.1) is 16.7 Å². The van der Waals surface area contributed by atoms with Crippen molar-refractivity contribution < 1.29 is 5.11 Å². The fraction of sp³-hybridized carbons (Fsp3) is 0.846. The van der Waals surface area contributed by atoms with Gasteiger partial charge in [0.1, 0.15) is 0 Å². The molecular weight excluding hydrogens is 232 g/mol. The summed E-state index contributed by atoms with van der Waals surface area (Å²) in [7, 11) is 0. The van der Waals surface area contributed by atoms with E-state index in [4.69, 9.17) is 0 Å². The highest BCUT2D eigenvalue weighted by atomic mass is 32.1. The lowest BCUT2D eigenvalue weighted by Gasteiger charge is -2.23. The SMILES string of the molecule is CCCc1nnsc1C(O)CC1CCCCC1. The van der Waals surface area contributed by atoms with Gasteiger partial charge in [0.2, 0.25) is 0 Å². The summed E-state index contributed by atoms with van der Waals surface area (Å²) < 4.78 is 3.99. The van der Waals surface area contributed by atoms with Crippen molar-refractivity contribution in [2.24, 2.45) is 5.92 Å². The maximum Gasteiger partial charge on any atom is 0.0919 e. The summed E-state index contributed by atoms with van der Waals surface area (Å²) in [5.74, 6) is 0.704. The lowest BCUT2D eigenvalue weighted by Crippen LogP contribution is -2.11. The number of hydrogen-bond donors (Lipinski definition) is 1. The van der Waals surface area contributed by atoms with Crippen LogP contribution in [0, 0.1) is 5.92 Å². The van der Waals surface area contributed by atoms with E-state index in [0.717, 1.165) is 29.8 Å². The van der Waals surface area contributed by atoms with Gasteiger partial charge in [-0.1, -0.05) is 49.9 Å². The number of aromatic nitrogens is 2. The van der Waals surface area contributed by atoms with Gasteiger partial charge in [0.25, 0.3) is 0 Å². The second-order valence-electron chi connectivity index (χ2n) is 5.09. The van der Waals surface area contributed by atoms with E-state index < -0.39 is 0 Å². The van der Waals surface area contributed by atoms with E-state index >= 15 is 0 Å². The standard InChI is InChI=1S/C13H22N2OS/c1-2-6-11-13(17-15-14-11)12(16)9-10-7-4-3-5-8-10/h10,12,16H,2-9H2,1H3. The van der Waals surface area contributed by atoms with Crippen molar-refractivity contribution in [3.63, 3.8) is 0 Å². The van der Waals surface area contributed by atoms with E-state index in [1.807, 2.05) is 0 Å². The largest absolute Gasteiger partial charge is 0.387 e. The Kier molecular flexibility index (Phi) is 4.92. The van der Waals surface area contributed by atoms with Crippen LogP contribution in [-0.2, 0) is 6.42 Å². The summed E-state index contributed by atoms with van der Waals surface area (Å²) in [6.07, 6.45) is 9.18. The topological polar surface area (TPSA) is 46.0 Å². The highest BCUT2D eigenvalue weighted by Crippen LogP contribution is 2.33. The molecule has 0 aliphatic heterocycles. The molecule has 1 fully saturated rings. The van der Waals surface area contributed by atoms with E-state index in [0.29, 0.717) is 5.92 Å². The molecule has 1 atom stereocenters. The summed E-state index contributed by atoms with van der Waals surface area (Å²) in [6.45, 7) is 2.14. The number of rotatable bonds is 5. The van der Waals surface area contributed by atoms with Gasteiger partial charge in [-0.2, -0.15) is 0 Å². The van der Waals surface area contributed by atoms with Gasteiger partial charge in [0, 0.05) is 0 Å². The summed E-state index contributed by atoms with van der Waals surface area (Å²) in [4.78, 5) is 1.01. The van der Waals surface area contributed by atoms with Gasteiger partial charge >= 0.3 is 0 Å². The molecular formula is C13H22N2OS. The quantitative estimate of drug-likeness (QED) is 0.874. The van der Waals surface area contributed by atoms with Crippen molar-refractivity contribution in [3.05, 3.63) is 10.6 Å². The Balaban J connectivity index is 1.93. The molecule has 0 aromatic carbocycles. The number of nitrogens with zero attached hydrogens (tertiary/aromatic N) is 2. The molecule has 1 saturated carbocycles. The number of aliphatic hydroxyl groups excluding tert-OH is 1. The summed E-state index contributed by atoms with van der Waals surface area (Å²) in [5.41, 5.74) is 1.01. The third-order valence-electron chi connectivity index (χ3n) is 3.66. The van der Waals surface area contributed by atoms with Crippen LogP contribution < -0.4 is 0 Å². The lowest BCUT2D eigenvalue weighted by atomic mass is 9.85. The average molecular weight is 254 g/mol. The van der Waals surface area contributed by atoms with E-state index in [1.54, 1.807) is 0 Å². The molecule has 4 heteroatoms. The first-order valence-electron chi connectivity index (χ1n) is 6.80. The van der Waals surface area contributed by atoms with Crippen LogP contribution in [0.1, 0.15) is 68.5 Å². The molecule has 17 heavy (non-hydrogen) atoms. The molecule has 2 rings (SSSR count). The molecule has 1 heterocycles. The zero-order chi connectivity index (χ0) is 12.1. The maximum atomic E-state index is 10.3. The molecule has 96 valence electrons. The first kappa shape index (κ1) is 13.0. The molecule has 0 amide bonds. The van der Waals surface area contributed by atoms with Gasteiger partial charge in [-0.3, -0.25) is 0 Å². The fourth-order valence-corrected chi connectivity index (χ4v) is 3.42. The van der Waals surface area contributed by atoms with Crippen LogP contribution >= 0.6 is 11.5 Å². The van der Waals surface area contributed by atoms with E-state index in [9.17, 15) is 5.11 Å². The minimum Gasteiger partial charge on any atom is -0.387 e. The van der Waals surface area contributed by atoms with Gasteiger partial charge in [-0.15, -0.1) is 5.10 Å². The smallest absolute Gasteiger partial charge is 0.0919 e.